The Balaban J connectivity index is 1.75. The van der Waals surface area contributed by atoms with Gasteiger partial charge >= 0.3 is 0 Å². The van der Waals surface area contributed by atoms with Gasteiger partial charge in [-0.15, -0.1) is 0 Å². The predicted molar refractivity (Wildman–Crippen MR) is 117 cm³/mol. The maximum atomic E-state index is 12.9. The number of methoxy groups -OCH3 is 1. The lowest BCUT2D eigenvalue weighted by Crippen LogP contribution is -2.32. The van der Waals surface area contributed by atoms with E-state index in [0.717, 1.165) is 33.7 Å². The zero-order valence-corrected chi connectivity index (χ0v) is 16.7. The Morgan fingerprint density at radius 2 is 1.73 bits per heavy atom. The Morgan fingerprint density at radius 1 is 0.967 bits per heavy atom. The Kier molecular flexibility index (Phi) is 4.32. The van der Waals surface area contributed by atoms with Gasteiger partial charge in [0.2, 0.25) is 0 Å². The second kappa shape index (κ2) is 7.15. The highest BCUT2D eigenvalue weighted by molar-refractivity contribution is 5.79. The molecule has 0 radical (unpaired) electrons. The molecule has 0 bridgehead atoms. The fourth-order valence-corrected chi connectivity index (χ4v) is 3.79. The topological polar surface area (TPSA) is 69.0 Å². The molecule has 1 N–H and O–H groups in total. The molecule has 0 saturated carbocycles. The molecule has 1 atom stereocenters. The Labute approximate surface area is 173 Å². The zero-order chi connectivity index (χ0) is 20.7. The molecule has 3 aromatic carbocycles. The number of anilines is 1. The van der Waals surface area contributed by atoms with Crippen LogP contribution in [0.5, 0.6) is 5.75 Å². The molecule has 1 aliphatic heterocycles. The van der Waals surface area contributed by atoms with Crippen molar-refractivity contribution in [1.82, 2.24) is 14.8 Å². The van der Waals surface area contributed by atoms with E-state index in [4.69, 9.17) is 9.84 Å². The summed E-state index contributed by atoms with van der Waals surface area (Å²) in [4.78, 5) is 17.4. The minimum atomic E-state index is -0.338. The van der Waals surface area contributed by atoms with Gasteiger partial charge in [0.05, 0.1) is 12.8 Å². The number of hydrogen-bond acceptors (Lipinski definition) is 5. The number of para-hydroxylation sites is 1. The molecule has 30 heavy (non-hydrogen) atoms. The summed E-state index contributed by atoms with van der Waals surface area (Å²) in [6.07, 6.45) is -0.310. The van der Waals surface area contributed by atoms with E-state index >= 15 is 0 Å². The normalized spacial score (nSPS) is 14.4. The molecule has 1 unspecified atom stereocenters. The third-order valence-electron chi connectivity index (χ3n) is 5.35. The van der Waals surface area contributed by atoms with E-state index < -0.39 is 0 Å². The summed E-state index contributed by atoms with van der Waals surface area (Å²) in [5, 5.41) is 8.35. The summed E-state index contributed by atoms with van der Waals surface area (Å²) in [6.45, 7) is 2.04. The minimum absolute atomic E-state index is 0.310. The lowest BCUT2D eigenvalue weighted by Gasteiger charge is -2.31. The molecule has 0 spiro atoms. The standard InChI is InChI=1S/C24H20N4O2/c1-15-7-6-10-19-20(15)25-22(17-11-13-18(30-2)14-12-17)28-23(19)26-24(29)21(27-28)16-8-4-3-5-9-16/h3-14,22,25H,1-2H3. The Morgan fingerprint density at radius 3 is 2.47 bits per heavy atom. The third kappa shape index (κ3) is 2.93. The summed E-state index contributed by atoms with van der Waals surface area (Å²) < 4.78 is 7.10. The van der Waals surface area contributed by atoms with Crippen LogP contribution in [0.1, 0.15) is 17.3 Å². The first kappa shape index (κ1) is 18.1. The first-order chi connectivity index (χ1) is 14.7. The summed E-state index contributed by atoms with van der Waals surface area (Å²) in [6, 6.07) is 23.2. The second-order valence-corrected chi connectivity index (χ2v) is 7.22. The number of aryl methyl sites for hydroxylation is 1. The summed E-state index contributed by atoms with van der Waals surface area (Å²) in [5.41, 5.74) is 4.63. The first-order valence-electron chi connectivity index (χ1n) is 9.72. The summed E-state index contributed by atoms with van der Waals surface area (Å²) in [5.74, 6) is 1.33. The Bertz CT molecular complexity index is 1280. The van der Waals surface area contributed by atoms with Crippen LogP contribution in [0.25, 0.3) is 22.6 Å². The number of nitrogens with zero attached hydrogens (tertiary/aromatic N) is 3. The molecule has 4 aromatic rings. The maximum Gasteiger partial charge on any atom is 0.300 e. The molecule has 148 valence electrons. The van der Waals surface area contributed by atoms with Gasteiger partial charge in [-0.05, 0) is 36.2 Å². The smallest absolute Gasteiger partial charge is 0.300 e. The largest absolute Gasteiger partial charge is 0.497 e. The van der Waals surface area contributed by atoms with Crippen molar-refractivity contribution in [2.24, 2.45) is 0 Å². The van der Waals surface area contributed by atoms with Crippen LogP contribution in [-0.2, 0) is 0 Å². The molecule has 0 aliphatic carbocycles. The van der Waals surface area contributed by atoms with E-state index in [0.29, 0.717) is 11.5 Å². The molecule has 6 heteroatoms. The lowest BCUT2D eigenvalue weighted by molar-refractivity contribution is 0.414. The number of rotatable bonds is 3. The Hall–Kier alpha value is -3.93. The number of fused-ring (bicyclic) bond motifs is 3. The molecule has 0 saturated heterocycles. The summed E-state index contributed by atoms with van der Waals surface area (Å²) in [7, 11) is 1.64. The fourth-order valence-electron chi connectivity index (χ4n) is 3.79. The van der Waals surface area contributed by atoms with Crippen LogP contribution in [-0.4, -0.2) is 21.9 Å². The lowest BCUT2D eigenvalue weighted by atomic mass is 10.0. The highest BCUT2D eigenvalue weighted by Gasteiger charge is 2.29. The monoisotopic (exact) mass is 396 g/mol. The SMILES string of the molecule is COc1ccc(C2Nc3c(C)cccc3-c3nc(=O)c(-c4ccccc4)nn32)cc1. The first-order valence-corrected chi connectivity index (χ1v) is 9.72. The van der Waals surface area contributed by atoms with Gasteiger partial charge in [-0.25, -0.2) is 4.68 Å². The zero-order valence-electron chi connectivity index (χ0n) is 16.7. The number of benzene rings is 3. The van der Waals surface area contributed by atoms with Gasteiger partial charge in [-0.2, -0.15) is 10.1 Å². The molecular formula is C24H20N4O2. The minimum Gasteiger partial charge on any atom is -0.497 e. The van der Waals surface area contributed by atoms with E-state index in [1.807, 2.05) is 79.7 Å². The van der Waals surface area contributed by atoms with E-state index in [9.17, 15) is 4.79 Å². The molecule has 5 rings (SSSR count). The number of nitrogens with one attached hydrogen (secondary N) is 1. The van der Waals surface area contributed by atoms with Crippen molar-refractivity contribution in [2.75, 3.05) is 12.4 Å². The third-order valence-corrected chi connectivity index (χ3v) is 5.35. The predicted octanol–water partition coefficient (Wildman–Crippen LogP) is 4.26. The van der Waals surface area contributed by atoms with Gasteiger partial charge in [0.15, 0.2) is 11.5 Å². The average molecular weight is 396 g/mol. The number of hydrogen-bond donors (Lipinski definition) is 1. The van der Waals surface area contributed by atoms with Crippen molar-refractivity contribution < 1.29 is 4.74 Å². The van der Waals surface area contributed by atoms with Gasteiger partial charge in [-0.1, -0.05) is 54.6 Å². The number of ether oxygens (including phenoxy) is 1. The van der Waals surface area contributed by atoms with Crippen LogP contribution in [0.4, 0.5) is 5.69 Å². The van der Waals surface area contributed by atoms with Crippen molar-refractivity contribution >= 4 is 5.69 Å². The van der Waals surface area contributed by atoms with E-state index in [1.54, 1.807) is 11.8 Å². The quantitative estimate of drug-likeness (QED) is 0.560. The maximum absolute atomic E-state index is 12.9. The molecule has 1 aromatic heterocycles. The number of aromatic nitrogens is 3. The van der Waals surface area contributed by atoms with Crippen molar-refractivity contribution in [2.45, 2.75) is 13.1 Å². The van der Waals surface area contributed by atoms with Crippen LogP contribution in [0, 0.1) is 6.92 Å². The molecular weight excluding hydrogens is 376 g/mol. The van der Waals surface area contributed by atoms with Crippen LogP contribution < -0.4 is 15.6 Å². The highest BCUT2D eigenvalue weighted by Crippen LogP contribution is 2.38. The molecule has 0 amide bonds. The summed E-state index contributed by atoms with van der Waals surface area (Å²) >= 11 is 0. The average Bonchev–Trinajstić information content (AvgIpc) is 2.79. The molecule has 1 aliphatic rings. The van der Waals surface area contributed by atoms with Crippen molar-refractivity contribution in [3.05, 3.63) is 94.3 Å². The molecule has 2 heterocycles. The van der Waals surface area contributed by atoms with Crippen LogP contribution in [0.2, 0.25) is 0 Å². The van der Waals surface area contributed by atoms with Gasteiger partial charge in [-0.3, -0.25) is 4.79 Å². The van der Waals surface area contributed by atoms with Crippen molar-refractivity contribution in [3.8, 4) is 28.4 Å². The highest BCUT2D eigenvalue weighted by atomic mass is 16.5. The van der Waals surface area contributed by atoms with Gasteiger partial charge in [0.1, 0.15) is 11.9 Å². The molecule has 6 nitrogen and oxygen atoms in total. The van der Waals surface area contributed by atoms with Crippen LogP contribution in [0.15, 0.2) is 77.6 Å². The molecule has 0 fully saturated rings. The van der Waals surface area contributed by atoms with E-state index in [-0.39, 0.29) is 11.7 Å². The van der Waals surface area contributed by atoms with Crippen LogP contribution in [0.3, 0.4) is 0 Å². The second-order valence-electron chi connectivity index (χ2n) is 7.22. The van der Waals surface area contributed by atoms with E-state index in [1.165, 1.54) is 0 Å². The van der Waals surface area contributed by atoms with Gasteiger partial charge in [0, 0.05) is 11.1 Å². The fraction of sp³-hybridized carbons (Fsp3) is 0.125. The van der Waals surface area contributed by atoms with Crippen molar-refractivity contribution in [1.29, 1.82) is 0 Å². The van der Waals surface area contributed by atoms with Crippen molar-refractivity contribution in [3.63, 3.8) is 0 Å². The van der Waals surface area contributed by atoms with Gasteiger partial charge < -0.3 is 10.1 Å². The van der Waals surface area contributed by atoms with Gasteiger partial charge in [0.25, 0.3) is 5.56 Å². The van der Waals surface area contributed by atoms with Crippen LogP contribution >= 0.6 is 0 Å². The van der Waals surface area contributed by atoms with E-state index in [2.05, 4.69) is 10.3 Å².